The van der Waals surface area contributed by atoms with Crippen LogP contribution in [0, 0.1) is 0 Å². The van der Waals surface area contributed by atoms with E-state index in [-0.39, 0.29) is 16.9 Å². The Bertz CT molecular complexity index is 4480. The second kappa shape index (κ2) is 37.6. The van der Waals surface area contributed by atoms with Crippen molar-refractivity contribution in [2.45, 2.75) is 167 Å². The number of hydrogen-bond acceptors (Lipinski definition) is 40. The van der Waals surface area contributed by atoms with Crippen LogP contribution in [-0.4, -0.2) is 322 Å². The number of rotatable bonds is 27. The van der Waals surface area contributed by atoms with Gasteiger partial charge in [0.05, 0.1) is 24.3 Å². The molecule has 5 aliphatic rings. The van der Waals surface area contributed by atoms with E-state index in [9.17, 15) is 131 Å². The number of carbonyl (C=O) groups excluding carboxylic acids is 4. The Labute approximate surface area is 657 Å². The number of aliphatic hydroxyl groups excluding tert-OH is 14. The molecule has 632 valence electrons. The van der Waals surface area contributed by atoms with Crippen LogP contribution in [0.25, 0.3) is 40.5 Å². The summed E-state index contributed by atoms with van der Waals surface area (Å²) in [5.41, 5.74) is -0.395. The third kappa shape index (κ3) is 20.6. The number of ether oxygens (including phenoxy) is 14. The highest BCUT2D eigenvalue weighted by molar-refractivity contribution is 5.91. The summed E-state index contributed by atoms with van der Waals surface area (Å²) in [6, 6.07) is 16.8. The van der Waals surface area contributed by atoms with Crippen molar-refractivity contribution in [3.8, 4) is 74.6 Å². The minimum atomic E-state index is -2.38. The SMILES string of the molecule is C[C@H]1O[C@@H](Oc2cc3c(O[C@@H]4O[C@H](COC(=O)CC(=O)O)[C@@H](O)[C@H](O)[C@H]4O)cc(O)cc3[o+]c2-c2cc(O[C@@H]3O[C@H](COC(=O)/C=C/c4ccc(O)c(O)c4)[C@@H](O)[C@H](O)[C@H]3O)c(O)c(O[C@@H]3O[C@H](COC(=O)/C=C/c4ccc(O)c(O)c4)[C@@H](O)[C@H](O)[C@H]3O)c2)[C@H](O)[C@H](OC(=O)/C=C/c2ccc(O)cc2)[C@H]1O[C@@H]1O[C@H](CO)[C@@H](O)[C@H](O)[C@H]1O. The van der Waals surface area contributed by atoms with Gasteiger partial charge in [-0.3, -0.25) is 9.59 Å². The van der Waals surface area contributed by atoms with E-state index in [4.69, 9.17) is 75.8 Å². The number of hydrogen-bond donors (Lipinski definition) is 22. The maximum atomic E-state index is 14.0. The molecule has 0 spiro atoms. The molecule has 5 aromatic carbocycles. The number of aromatic hydroxyl groups is 7. The van der Waals surface area contributed by atoms with Crippen LogP contribution in [0.15, 0.2) is 114 Å². The fraction of sp³-hybridized carbons (Fsp3) is 0.413. The van der Waals surface area contributed by atoms with E-state index in [0.29, 0.717) is 5.56 Å². The summed E-state index contributed by atoms with van der Waals surface area (Å²) >= 11 is 0. The zero-order chi connectivity index (χ0) is 84.7. The Kier molecular flexibility index (Phi) is 27.9. The van der Waals surface area contributed by atoms with Gasteiger partial charge < -0.3 is 179 Å². The van der Waals surface area contributed by atoms with Crippen LogP contribution >= 0.6 is 0 Å². The monoisotopic (exact) mass is 1650 g/mol. The summed E-state index contributed by atoms with van der Waals surface area (Å²) in [6.07, 6.45) is -47.0. The van der Waals surface area contributed by atoms with Gasteiger partial charge in [-0.1, -0.05) is 24.3 Å². The Morgan fingerprint density at radius 1 is 0.410 bits per heavy atom. The molecule has 6 aromatic rings. The molecular weight excluding hydrogens is 1570 g/mol. The number of aliphatic hydroxyl groups is 14. The first-order valence-electron chi connectivity index (χ1n) is 35.4. The lowest BCUT2D eigenvalue weighted by atomic mass is 9.97. The number of carboxylic acid groups (broad SMARTS) is 1. The smallest absolute Gasteiger partial charge is 0.402 e. The van der Waals surface area contributed by atoms with Gasteiger partial charge in [0, 0.05) is 42.5 Å². The van der Waals surface area contributed by atoms with E-state index >= 15 is 0 Å². The Hall–Kier alpha value is -10.9. The number of carbonyl (C=O) groups is 5. The standard InChI is InChI=1S/C75H80O42/c1-28-68(117-74-66(101)59(94)55(90)45(24-76)112-74)70(116-52(87)15-6-29-2-9-33(77)10-3-29)67(102)75(106-28)111-44-22-35-40(20-34(78)21-41(35)108-71-63(98)60(95)58(93)48(113-71)27-105-53(88)23-49(83)84)107-69(44)32-18-42(109-72-64(99)61(96)56(91)46(114-72)25-103-50(85)13-7-30-4-11-36(79)38(81)16-30)54(89)43(19-32)110-73-65(100)62(97)57(92)47(115-73)26-104-51(86)14-8-31-5-12-37(80)39(82)17-31/h2-22,28,45-48,55-68,70-76,90-102H,23-27H2,1H3,(H7-,77,78,79,80,81,82,83,84,85,86,87,89)/p+1/t28-,45-,46-,47-,48-,55-,56-,57-,58-,59+,60+,61+,62+,63-,64-,65-,66-,67-,68+,70+,71-,72-,73-,74+,75+/m1/s1. The second-order valence-electron chi connectivity index (χ2n) is 27.1. The van der Waals surface area contributed by atoms with E-state index in [1.807, 2.05) is 0 Å². The average molecular weight is 1650 g/mol. The Morgan fingerprint density at radius 3 is 1.32 bits per heavy atom. The molecule has 117 heavy (non-hydrogen) atoms. The fourth-order valence-corrected chi connectivity index (χ4v) is 12.5. The van der Waals surface area contributed by atoms with E-state index in [0.717, 1.165) is 85.0 Å². The van der Waals surface area contributed by atoms with Gasteiger partial charge in [-0.05, 0) is 78.2 Å². The van der Waals surface area contributed by atoms with Crippen LogP contribution in [0.5, 0.6) is 63.2 Å². The Balaban J connectivity index is 1.02. The third-order valence-corrected chi connectivity index (χ3v) is 18.8. The normalized spacial score (nSPS) is 31.3. The summed E-state index contributed by atoms with van der Waals surface area (Å²) in [5, 5.41) is 239. The number of esters is 4. The first-order valence-corrected chi connectivity index (χ1v) is 35.4. The van der Waals surface area contributed by atoms with Gasteiger partial charge in [0.25, 0.3) is 0 Å². The average Bonchev–Trinajstić information content (AvgIpc) is 0.743. The van der Waals surface area contributed by atoms with Crippen molar-refractivity contribution in [3.05, 3.63) is 126 Å². The number of fused-ring (bicyclic) bond motifs is 1. The number of carboxylic acids is 1. The first kappa shape index (κ1) is 86.9. The molecule has 0 amide bonds. The highest BCUT2D eigenvalue weighted by Crippen LogP contribution is 2.49. The van der Waals surface area contributed by atoms with E-state index < -0.39 is 296 Å². The molecule has 0 saturated carbocycles. The molecule has 0 bridgehead atoms. The molecule has 0 aliphatic carbocycles. The van der Waals surface area contributed by atoms with Crippen molar-refractivity contribution in [2.75, 3.05) is 26.4 Å². The Morgan fingerprint density at radius 2 is 0.838 bits per heavy atom. The molecule has 42 nitrogen and oxygen atoms in total. The van der Waals surface area contributed by atoms with Gasteiger partial charge in [0.1, 0.15) is 153 Å². The van der Waals surface area contributed by atoms with Gasteiger partial charge in [-0.15, -0.1) is 0 Å². The van der Waals surface area contributed by atoms with Crippen molar-refractivity contribution in [1.29, 1.82) is 0 Å². The largest absolute Gasteiger partial charge is 0.508 e. The van der Waals surface area contributed by atoms with Crippen molar-refractivity contribution in [2.24, 2.45) is 0 Å². The van der Waals surface area contributed by atoms with Gasteiger partial charge in [0.15, 0.2) is 53.0 Å². The lowest BCUT2D eigenvalue weighted by Crippen LogP contribution is -2.64. The number of phenolic OH excluding ortho intramolecular Hbond substituents is 7. The molecule has 42 heteroatoms. The van der Waals surface area contributed by atoms with Crippen molar-refractivity contribution < 1.29 is 207 Å². The highest BCUT2D eigenvalue weighted by Gasteiger charge is 2.54. The van der Waals surface area contributed by atoms with Crippen molar-refractivity contribution in [1.82, 2.24) is 0 Å². The lowest BCUT2D eigenvalue weighted by Gasteiger charge is -2.46. The summed E-state index contributed by atoms with van der Waals surface area (Å²) in [4.78, 5) is 63.7. The molecule has 25 atom stereocenters. The third-order valence-electron chi connectivity index (χ3n) is 18.8. The zero-order valence-electron chi connectivity index (χ0n) is 60.6. The molecular formula is C75H81O42+. The fourth-order valence-electron chi connectivity index (χ4n) is 12.5. The van der Waals surface area contributed by atoms with Crippen LogP contribution in [0.1, 0.15) is 30.0 Å². The van der Waals surface area contributed by atoms with Gasteiger partial charge >= 0.3 is 41.2 Å². The van der Waals surface area contributed by atoms with E-state index in [1.165, 1.54) is 49.4 Å². The van der Waals surface area contributed by atoms with Gasteiger partial charge in [-0.2, -0.15) is 0 Å². The predicted molar refractivity (Wildman–Crippen MR) is 381 cm³/mol. The summed E-state index contributed by atoms with van der Waals surface area (Å²) in [7, 11) is 0. The summed E-state index contributed by atoms with van der Waals surface area (Å²) in [6.45, 7) is -2.54. The number of benzene rings is 5. The zero-order valence-corrected chi connectivity index (χ0v) is 60.6. The molecule has 5 fully saturated rings. The number of aliphatic carboxylic acids is 1. The quantitative estimate of drug-likeness (QED) is 0.00600. The number of phenols is 7. The first-order chi connectivity index (χ1) is 55.5. The molecule has 0 unspecified atom stereocenters. The molecule has 6 heterocycles. The minimum Gasteiger partial charge on any atom is -0.508 e. The van der Waals surface area contributed by atoms with Crippen LogP contribution < -0.4 is 18.9 Å². The summed E-state index contributed by atoms with van der Waals surface area (Å²) < 4.78 is 87.9. The van der Waals surface area contributed by atoms with Crippen LogP contribution in [0.4, 0.5) is 0 Å². The van der Waals surface area contributed by atoms with Crippen LogP contribution in [0.3, 0.4) is 0 Å². The van der Waals surface area contributed by atoms with E-state index in [2.05, 4.69) is 0 Å². The summed E-state index contributed by atoms with van der Waals surface area (Å²) in [5.74, 6) is -14.7. The van der Waals surface area contributed by atoms with Gasteiger partial charge in [-0.25, -0.2) is 18.8 Å². The topological polar surface area (TPSA) is 671 Å². The van der Waals surface area contributed by atoms with Crippen LogP contribution in [0.2, 0.25) is 0 Å². The lowest BCUT2D eigenvalue weighted by molar-refractivity contribution is -0.349. The minimum absolute atomic E-state index is 0.146. The maximum absolute atomic E-state index is 14.0. The molecule has 5 aliphatic heterocycles. The molecule has 11 rings (SSSR count). The second-order valence-corrected chi connectivity index (χ2v) is 27.1. The van der Waals surface area contributed by atoms with Crippen molar-refractivity contribution in [3.63, 3.8) is 0 Å². The maximum Gasteiger partial charge on any atom is 0.402 e. The molecule has 5 saturated heterocycles. The molecule has 22 N–H and O–H groups in total. The highest BCUT2D eigenvalue weighted by atomic mass is 16.8. The van der Waals surface area contributed by atoms with E-state index in [1.54, 1.807) is 0 Å². The molecule has 0 radical (unpaired) electrons. The van der Waals surface area contributed by atoms with Crippen LogP contribution in [-0.2, 0) is 71.3 Å². The predicted octanol–water partition coefficient (Wildman–Crippen LogP) is -3.29. The van der Waals surface area contributed by atoms with Crippen molar-refractivity contribution >= 4 is 59.0 Å². The molecule has 1 aromatic heterocycles. The van der Waals surface area contributed by atoms with Gasteiger partial charge in [0.2, 0.25) is 36.7 Å².